The quantitative estimate of drug-likeness (QED) is 0.562. The van der Waals surface area contributed by atoms with Crippen LogP contribution in [-0.4, -0.2) is 15.0 Å². The summed E-state index contributed by atoms with van der Waals surface area (Å²) in [5, 5.41) is 4.26. The van der Waals surface area contributed by atoms with E-state index in [1.807, 2.05) is 20.0 Å². The molecule has 0 aliphatic heterocycles. The van der Waals surface area contributed by atoms with Crippen LogP contribution in [0.25, 0.3) is 0 Å². The Morgan fingerprint density at radius 1 is 1.33 bits per heavy atom. The van der Waals surface area contributed by atoms with Crippen molar-refractivity contribution >= 4 is 23.0 Å². The first-order chi connectivity index (χ1) is 8.71. The molecular formula is C11H16N6S. The van der Waals surface area contributed by atoms with Gasteiger partial charge in [0.1, 0.15) is 22.5 Å². The predicted molar refractivity (Wildman–Crippen MR) is 73.4 cm³/mol. The molecule has 0 spiro atoms. The minimum atomic E-state index is 0.611. The molecular weight excluding hydrogens is 248 g/mol. The van der Waals surface area contributed by atoms with E-state index >= 15 is 0 Å². The summed E-state index contributed by atoms with van der Waals surface area (Å²) in [4.78, 5) is 14.1. The molecule has 2 heterocycles. The van der Waals surface area contributed by atoms with Crippen LogP contribution in [0.3, 0.4) is 0 Å². The number of rotatable bonds is 5. The molecule has 6 nitrogen and oxygen atoms in total. The fraction of sp³-hybridized carbons (Fsp3) is 0.364. The molecule has 0 amide bonds. The highest BCUT2D eigenvalue weighted by molar-refractivity contribution is 7.11. The van der Waals surface area contributed by atoms with E-state index in [2.05, 4.69) is 25.7 Å². The Balaban J connectivity index is 2.08. The molecule has 2 aromatic heterocycles. The fourth-order valence-corrected chi connectivity index (χ4v) is 2.20. The largest absolute Gasteiger partial charge is 0.363 e. The normalized spacial score (nSPS) is 10.4. The molecule has 0 unspecified atom stereocenters. The van der Waals surface area contributed by atoms with Crippen LogP contribution in [0.15, 0.2) is 12.3 Å². The number of nitrogens with two attached hydrogens (primary N) is 1. The third kappa shape index (κ3) is 3.14. The van der Waals surface area contributed by atoms with E-state index in [0.29, 0.717) is 12.4 Å². The Labute approximate surface area is 110 Å². The summed E-state index contributed by atoms with van der Waals surface area (Å²) in [6, 6.07) is 1.78. The second-order valence-electron chi connectivity index (χ2n) is 3.77. The fourth-order valence-electron chi connectivity index (χ4n) is 1.47. The number of anilines is 2. The molecule has 4 N–H and O–H groups in total. The van der Waals surface area contributed by atoms with E-state index in [-0.39, 0.29) is 0 Å². The van der Waals surface area contributed by atoms with Gasteiger partial charge in [0.25, 0.3) is 0 Å². The zero-order chi connectivity index (χ0) is 13.0. The smallest absolute Gasteiger partial charge is 0.145 e. The number of nitrogens with one attached hydrogen (secondary N) is 2. The van der Waals surface area contributed by atoms with Crippen molar-refractivity contribution in [3.8, 4) is 0 Å². The maximum absolute atomic E-state index is 5.37. The van der Waals surface area contributed by atoms with Gasteiger partial charge < -0.3 is 10.7 Å². The summed E-state index contributed by atoms with van der Waals surface area (Å²) in [6.07, 6.45) is 2.63. The van der Waals surface area contributed by atoms with E-state index < -0.39 is 0 Å². The minimum Gasteiger partial charge on any atom is -0.363 e. The second kappa shape index (κ2) is 5.74. The number of aryl methyl sites for hydroxylation is 2. The van der Waals surface area contributed by atoms with E-state index in [0.717, 1.165) is 23.1 Å². The van der Waals surface area contributed by atoms with Crippen molar-refractivity contribution in [2.24, 2.45) is 5.84 Å². The molecule has 0 atom stereocenters. The van der Waals surface area contributed by atoms with Crippen LogP contribution >= 0.6 is 11.3 Å². The van der Waals surface area contributed by atoms with Crippen LogP contribution in [0, 0.1) is 6.92 Å². The van der Waals surface area contributed by atoms with Crippen molar-refractivity contribution in [2.75, 3.05) is 10.7 Å². The molecule has 0 saturated heterocycles. The highest BCUT2D eigenvalue weighted by Crippen LogP contribution is 2.15. The highest BCUT2D eigenvalue weighted by atomic mass is 32.1. The summed E-state index contributed by atoms with van der Waals surface area (Å²) in [7, 11) is 0. The molecule has 0 aromatic carbocycles. The molecule has 0 aliphatic carbocycles. The lowest BCUT2D eigenvalue weighted by molar-refractivity contribution is 0.930. The van der Waals surface area contributed by atoms with Gasteiger partial charge in [-0.15, -0.1) is 11.3 Å². The van der Waals surface area contributed by atoms with Crippen LogP contribution < -0.4 is 16.6 Å². The summed E-state index contributed by atoms with van der Waals surface area (Å²) in [6.45, 7) is 4.70. The van der Waals surface area contributed by atoms with Gasteiger partial charge in [-0.1, -0.05) is 6.92 Å². The van der Waals surface area contributed by atoms with E-state index in [4.69, 9.17) is 5.84 Å². The zero-order valence-corrected chi connectivity index (χ0v) is 11.2. The Kier molecular flexibility index (Phi) is 4.06. The summed E-state index contributed by atoms with van der Waals surface area (Å²) in [5.74, 6) is 7.49. The van der Waals surface area contributed by atoms with Gasteiger partial charge in [0, 0.05) is 23.6 Å². The van der Waals surface area contributed by atoms with Crippen LogP contribution in [0.2, 0.25) is 0 Å². The minimum absolute atomic E-state index is 0.611. The highest BCUT2D eigenvalue weighted by Gasteiger charge is 2.04. The number of hydrogen-bond acceptors (Lipinski definition) is 7. The number of thiazole rings is 1. The molecule has 0 aliphatic rings. The number of nitrogens with zero attached hydrogens (tertiary/aromatic N) is 3. The average Bonchev–Trinajstić information content (AvgIpc) is 2.81. The van der Waals surface area contributed by atoms with Crippen molar-refractivity contribution in [1.82, 2.24) is 15.0 Å². The Hall–Kier alpha value is -1.73. The van der Waals surface area contributed by atoms with Crippen molar-refractivity contribution < 1.29 is 0 Å². The van der Waals surface area contributed by atoms with Gasteiger partial charge in [-0.3, -0.25) is 0 Å². The van der Waals surface area contributed by atoms with Gasteiger partial charge in [-0.25, -0.2) is 20.8 Å². The first-order valence-electron chi connectivity index (χ1n) is 5.71. The van der Waals surface area contributed by atoms with E-state index in [1.54, 1.807) is 17.4 Å². The van der Waals surface area contributed by atoms with Crippen molar-refractivity contribution in [3.63, 3.8) is 0 Å². The number of hydrazine groups is 1. The van der Waals surface area contributed by atoms with Crippen LogP contribution in [0.4, 0.5) is 11.6 Å². The average molecular weight is 264 g/mol. The maximum Gasteiger partial charge on any atom is 0.145 e. The van der Waals surface area contributed by atoms with Crippen LogP contribution in [0.5, 0.6) is 0 Å². The lowest BCUT2D eigenvalue weighted by Crippen LogP contribution is -2.12. The van der Waals surface area contributed by atoms with Crippen LogP contribution in [0.1, 0.15) is 22.6 Å². The molecule has 2 aromatic rings. The molecule has 0 saturated carbocycles. The van der Waals surface area contributed by atoms with Gasteiger partial charge in [0.05, 0.1) is 6.54 Å². The van der Waals surface area contributed by atoms with Gasteiger partial charge >= 0.3 is 0 Å². The zero-order valence-electron chi connectivity index (χ0n) is 10.4. The third-order valence-corrected chi connectivity index (χ3v) is 3.24. The Bertz CT molecular complexity index is 502. The first-order valence-corrected chi connectivity index (χ1v) is 6.52. The van der Waals surface area contributed by atoms with E-state index in [9.17, 15) is 0 Å². The number of hydrogen-bond donors (Lipinski definition) is 3. The SMILES string of the molecule is CCc1nc(NN)cc(NCc2ncc(C)s2)n1. The molecule has 0 radical (unpaired) electrons. The maximum atomic E-state index is 5.37. The monoisotopic (exact) mass is 264 g/mol. The Morgan fingerprint density at radius 2 is 2.11 bits per heavy atom. The summed E-state index contributed by atoms with van der Waals surface area (Å²) >= 11 is 1.67. The van der Waals surface area contributed by atoms with Crippen molar-refractivity contribution in [3.05, 3.63) is 28.0 Å². The second-order valence-corrected chi connectivity index (χ2v) is 5.09. The van der Waals surface area contributed by atoms with Gasteiger partial charge in [-0.05, 0) is 6.92 Å². The topological polar surface area (TPSA) is 88.8 Å². The van der Waals surface area contributed by atoms with Gasteiger partial charge in [-0.2, -0.15) is 0 Å². The lowest BCUT2D eigenvalue weighted by atomic mass is 10.4. The molecule has 7 heteroatoms. The molecule has 18 heavy (non-hydrogen) atoms. The standard InChI is InChI=1S/C11H16N6S/c1-3-8-15-9(4-10(16-8)17-12)13-6-11-14-5-7(2)18-11/h4-5H,3,6,12H2,1-2H3,(H2,13,15,16,17). The first kappa shape index (κ1) is 12.7. The molecule has 96 valence electrons. The predicted octanol–water partition coefficient (Wildman–Crippen LogP) is 1.70. The molecule has 0 fully saturated rings. The molecule has 0 bridgehead atoms. The Morgan fingerprint density at radius 3 is 2.72 bits per heavy atom. The number of aromatic nitrogens is 3. The lowest BCUT2D eigenvalue weighted by Gasteiger charge is -2.07. The summed E-state index contributed by atoms with van der Waals surface area (Å²) in [5.41, 5.74) is 2.54. The molecule has 2 rings (SSSR count). The van der Waals surface area contributed by atoms with Crippen molar-refractivity contribution in [2.45, 2.75) is 26.8 Å². The van der Waals surface area contributed by atoms with Gasteiger partial charge in [0.15, 0.2) is 0 Å². The third-order valence-electron chi connectivity index (χ3n) is 2.33. The van der Waals surface area contributed by atoms with Gasteiger partial charge in [0.2, 0.25) is 0 Å². The number of nitrogen functional groups attached to an aromatic ring is 1. The van der Waals surface area contributed by atoms with E-state index in [1.165, 1.54) is 4.88 Å². The van der Waals surface area contributed by atoms with Crippen LogP contribution in [-0.2, 0) is 13.0 Å². The van der Waals surface area contributed by atoms with Crippen molar-refractivity contribution in [1.29, 1.82) is 0 Å². The summed E-state index contributed by atoms with van der Waals surface area (Å²) < 4.78 is 0.